The van der Waals surface area contributed by atoms with E-state index >= 15 is 0 Å². The fourth-order valence-electron chi connectivity index (χ4n) is 2.94. The van der Waals surface area contributed by atoms with Gasteiger partial charge in [0.25, 0.3) is 0 Å². The third-order valence-electron chi connectivity index (χ3n) is 4.23. The number of nitrogens with zero attached hydrogens (tertiary/aromatic N) is 2. The van der Waals surface area contributed by atoms with Gasteiger partial charge in [0.15, 0.2) is 0 Å². The van der Waals surface area contributed by atoms with Crippen LogP contribution in [0.1, 0.15) is 5.56 Å². The Bertz CT molecular complexity index is 1030. The average molecular weight is 329 g/mol. The van der Waals surface area contributed by atoms with Crippen LogP contribution < -0.4 is 4.73 Å². The van der Waals surface area contributed by atoms with Crippen molar-refractivity contribution in [1.82, 2.24) is 4.98 Å². The van der Waals surface area contributed by atoms with Gasteiger partial charge in [-0.05, 0) is 17.2 Å². The molecule has 4 nitrogen and oxygen atoms in total. The molecular formula is C21H17N2O2+. The predicted molar refractivity (Wildman–Crippen MR) is 95.9 cm³/mol. The lowest BCUT2D eigenvalue weighted by atomic mass is 9.97. The van der Waals surface area contributed by atoms with Gasteiger partial charge in [-0.2, -0.15) is 0 Å². The van der Waals surface area contributed by atoms with Crippen LogP contribution in [0.4, 0.5) is 0 Å². The van der Waals surface area contributed by atoms with Crippen molar-refractivity contribution >= 4 is 10.9 Å². The lowest BCUT2D eigenvalue weighted by molar-refractivity contribution is -0.904. The quantitative estimate of drug-likeness (QED) is 0.446. The van der Waals surface area contributed by atoms with Crippen molar-refractivity contribution < 1.29 is 15.0 Å². The van der Waals surface area contributed by atoms with Crippen molar-refractivity contribution in [3.05, 3.63) is 84.7 Å². The van der Waals surface area contributed by atoms with Crippen LogP contribution >= 0.6 is 0 Å². The van der Waals surface area contributed by atoms with Gasteiger partial charge in [-0.1, -0.05) is 54.6 Å². The fraction of sp³-hybridized carbons (Fsp3) is 0.0476. The first-order valence-corrected chi connectivity index (χ1v) is 8.05. The zero-order valence-electron chi connectivity index (χ0n) is 13.5. The van der Waals surface area contributed by atoms with Gasteiger partial charge < -0.3 is 5.11 Å². The first-order valence-electron chi connectivity index (χ1n) is 8.05. The molecular weight excluding hydrogens is 312 g/mol. The molecule has 0 radical (unpaired) electrons. The highest BCUT2D eigenvalue weighted by Gasteiger charge is 2.13. The van der Waals surface area contributed by atoms with Crippen LogP contribution in [0.2, 0.25) is 0 Å². The fourth-order valence-corrected chi connectivity index (χ4v) is 2.94. The molecule has 0 aliphatic rings. The third kappa shape index (κ3) is 2.95. The minimum absolute atomic E-state index is 0.0213. The molecule has 2 N–H and O–H groups in total. The molecule has 4 heteroatoms. The Balaban J connectivity index is 1.98. The Hall–Kier alpha value is -3.24. The first-order chi connectivity index (χ1) is 12.2. The van der Waals surface area contributed by atoms with Crippen molar-refractivity contribution in [2.24, 2.45) is 0 Å². The Morgan fingerprint density at radius 3 is 2.36 bits per heavy atom. The number of aromatic nitrogens is 2. The monoisotopic (exact) mass is 329 g/mol. The summed E-state index contributed by atoms with van der Waals surface area (Å²) in [6.07, 6.45) is 3.21. The van der Waals surface area contributed by atoms with E-state index in [2.05, 4.69) is 0 Å². The van der Waals surface area contributed by atoms with Crippen molar-refractivity contribution in [1.29, 1.82) is 0 Å². The molecule has 0 atom stereocenters. The lowest BCUT2D eigenvalue weighted by Crippen LogP contribution is -2.28. The van der Waals surface area contributed by atoms with Crippen LogP contribution in [0.5, 0.6) is 0 Å². The number of benzene rings is 2. The number of pyridine rings is 2. The topological polar surface area (TPSA) is 57.2 Å². The van der Waals surface area contributed by atoms with Gasteiger partial charge in [-0.15, -0.1) is 0 Å². The van der Waals surface area contributed by atoms with E-state index in [0.29, 0.717) is 0 Å². The van der Waals surface area contributed by atoms with E-state index in [1.165, 1.54) is 0 Å². The van der Waals surface area contributed by atoms with Crippen LogP contribution in [0.3, 0.4) is 0 Å². The van der Waals surface area contributed by atoms with E-state index in [9.17, 15) is 10.3 Å². The second-order valence-electron chi connectivity index (χ2n) is 5.90. The Morgan fingerprint density at radius 1 is 0.880 bits per heavy atom. The summed E-state index contributed by atoms with van der Waals surface area (Å²) in [7, 11) is 0. The molecule has 0 saturated heterocycles. The number of hydrogen-bond donors (Lipinski definition) is 2. The second-order valence-corrected chi connectivity index (χ2v) is 5.90. The Kier molecular flexibility index (Phi) is 3.88. The summed E-state index contributed by atoms with van der Waals surface area (Å²) in [6, 6.07) is 21.7. The molecule has 4 rings (SSSR count). The van der Waals surface area contributed by atoms with Crippen LogP contribution in [0.15, 0.2) is 79.1 Å². The molecule has 0 amide bonds. The predicted octanol–water partition coefficient (Wildman–Crippen LogP) is 3.59. The molecule has 0 fully saturated rings. The highest BCUT2D eigenvalue weighted by Crippen LogP contribution is 2.33. The molecule has 2 aromatic carbocycles. The van der Waals surface area contributed by atoms with Crippen LogP contribution in [0.25, 0.3) is 33.3 Å². The van der Waals surface area contributed by atoms with E-state index in [1.54, 1.807) is 18.5 Å². The maximum atomic E-state index is 9.70. The smallest absolute Gasteiger partial charge is 0.231 e. The number of hydrogen-bond acceptors (Lipinski definition) is 3. The summed E-state index contributed by atoms with van der Waals surface area (Å²) in [6.45, 7) is 0.0213. The summed E-state index contributed by atoms with van der Waals surface area (Å²) < 4.78 is 1.04. The van der Waals surface area contributed by atoms with E-state index in [1.807, 2.05) is 60.7 Å². The third-order valence-corrected chi connectivity index (χ3v) is 4.23. The van der Waals surface area contributed by atoms with Crippen molar-refractivity contribution in [3.63, 3.8) is 0 Å². The average Bonchev–Trinajstić information content (AvgIpc) is 2.68. The van der Waals surface area contributed by atoms with Gasteiger partial charge in [-0.25, -0.2) is 4.98 Å². The van der Waals surface area contributed by atoms with Crippen LogP contribution in [0, 0.1) is 0 Å². The Morgan fingerprint density at radius 2 is 1.64 bits per heavy atom. The molecule has 0 aliphatic heterocycles. The zero-order chi connectivity index (χ0) is 17.2. The molecule has 0 aliphatic carbocycles. The minimum Gasteiger partial charge on any atom is -0.392 e. The molecule has 0 spiro atoms. The van der Waals surface area contributed by atoms with E-state index in [0.717, 1.165) is 43.6 Å². The molecule has 4 aromatic rings. The summed E-state index contributed by atoms with van der Waals surface area (Å²) in [4.78, 5) is 4.83. The molecule has 0 unspecified atom stereocenters. The summed E-state index contributed by atoms with van der Waals surface area (Å²) in [5, 5.41) is 19.8. The Labute approximate surface area is 145 Å². The van der Waals surface area contributed by atoms with E-state index in [4.69, 9.17) is 4.98 Å². The van der Waals surface area contributed by atoms with Gasteiger partial charge in [0.2, 0.25) is 12.4 Å². The van der Waals surface area contributed by atoms with Gasteiger partial charge in [0, 0.05) is 21.9 Å². The van der Waals surface area contributed by atoms with Gasteiger partial charge in [-0.3, -0.25) is 5.21 Å². The molecule has 2 heterocycles. The molecule has 122 valence electrons. The van der Waals surface area contributed by atoms with Gasteiger partial charge >= 0.3 is 0 Å². The largest absolute Gasteiger partial charge is 0.392 e. The van der Waals surface area contributed by atoms with Crippen molar-refractivity contribution in [3.8, 4) is 22.4 Å². The van der Waals surface area contributed by atoms with E-state index < -0.39 is 0 Å². The zero-order valence-corrected chi connectivity index (χ0v) is 13.5. The number of rotatable bonds is 3. The molecule has 2 aromatic heterocycles. The van der Waals surface area contributed by atoms with Gasteiger partial charge in [0.05, 0.1) is 23.2 Å². The van der Waals surface area contributed by atoms with Gasteiger partial charge in [0.1, 0.15) is 0 Å². The van der Waals surface area contributed by atoms with Crippen molar-refractivity contribution in [2.75, 3.05) is 0 Å². The standard InChI is InChI=1S/C21H17N2O2/c24-14-15-6-8-17(9-7-15)21-19(16-4-2-1-3-5-16)12-18-13-23(25)11-10-20(18)22-21/h1-13,24-25H,14H2/q+1. The molecule has 0 saturated carbocycles. The lowest BCUT2D eigenvalue weighted by Gasteiger charge is -2.11. The molecule has 25 heavy (non-hydrogen) atoms. The van der Waals surface area contributed by atoms with Crippen LogP contribution in [-0.4, -0.2) is 15.3 Å². The normalized spacial score (nSPS) is 10.9. The highest BCUT2D eigenvalue weighted by atomic mass is 16.5. The maximum absolute atomic E-state index is 9.70. The minimum atomic E-state index is 0.0213. The second kappa shape index (κ2) is 6.34. The first kappa shape index (κ1) is 15.3. The van der Waals surface area contributed by atoms with Crippen molar-refractivity contribution in [2.45, 2.75) is 6.61 Å². The van der Waals surface area contributed by atoms with Crippen LogP contribution in [-0.2, 0) is 6.61 Å². The molecule has 0 bridgehead atoms. The highest BCUT2D eigenvalue weighted by molar-refractivity contribution is 5.90. The maximum Gasteiger partial charge on any atom is 0.231 e. The summed E-state index contributed by atoms with van der Waals surface area (Å²) in [5.74, 6) is 0. The number of fused-ring (bicyclic) bond motifs is 1. The number of aliphatic hydroxyl groups is 1. The summed E-state index contributed by atoms with van der Waals surface area (Å²) >= 11 is 0. The van der Waals surface area contributed by atoms with E-state index in [-0.39, 0.29) is 6.61 Å². The SMILES string of the molecule is OCc1ccc(-c2nc3cc[n+](O)cc3cc2-c2ccccc2)cc1. The number of aliphatic hydroxyl groups excluding tert-OH is 1. The summed E-state index contributed by atoms with van der Waals surface area (Å²) in [5.41, 5.74) is 5.60.